The minimum Gasteiger partial charge on any atom is -0.396 e. The molecule has 76 heavy (non-hydrogen) atoms. The Labute approximate surface area is 501 Å². The Balaban J connectivity index is 0.000000321. The fourth-order valence-electron chi connectivity index (χ4n) is 9.34. The molecule has 0 aromatic heterocycles. The number of allylic oxidation sites excluding steroid dienone is 4. The van der Waals surface area contributed by atoms with Gasteiger partial charge in [-0.3, -0.25) is 0 Å². The van der Waals surface area contributed by atoms with Crippen molar-refractivity contribution in [3.8, 4) is 0 Å². The summed E-state index contributed by atoms with van der Waals surface area (Å²) in [6.45, 7) is 9.43. The maximum Gasteiger partial charge on any atom is 1.00 e. The van der Waals surface area contributed by atoms with Gasteiger partial charge < -0.3 is 34.6 Å². The molecule has 6 aromatic rings. The van der Waals surface area contributed by atoms with Crippen molar-refractivity contribution in [3.05, 3.63) is 215 Å². The third-order valence-corrected chi connectivity index (χ3v) is 13.8. The molecule has 4 unspecified atom stereocenters. The van der Waals surface area contributed by atoms with Crippen LogP contribution in [0.2, 0.25) is 0 Å². The fraction of sp³-hybridized carbons (Fsp3) is 0.441. The molecule has 0 aliphatic carbocycles. The minimum absolute atomic E-state index is 0. The third-order valence-electron chi connectivity index (χ3n) is 13.8. The maximum atomic E-state index is 9.44. The van der Waals surface area contributed by atoms with E-state index in [1.54, 1.807) is 0 Å². The number of hydrogen-bond donors (Lipinski definition) is 4. The number of unbranched alkanes of at least 4 members (excludes halogenated alkanes) is 2. The number of rotatable bonds is 32. The monoisotopic (exact) mass is 1060 g/mol. The molecule has 0 spiro atoms. The van der Waals surface area contributed by atoms with Gasteiger partial charge in [0.15, 0.2) is 0 Å². The van der Waals surface area contributed by atoms with Gasteiger partial charge in [0, 0.05) is 26.4 Å². The second-order valence-electron chi connectivity index (χ2n) is 19.7. The van der Waals surface area contributed by atoms with Crippen molar-refractivity contribution < 1.29 is 86.0 Å². The Morgan fingerprint density at radius 3 is 1.12 bits per heavy atom. The first-order valence-electron chi connectivity index (χ1n) is 28.1. The van der Waals surface area contributed by atoms with E-state index < -0.39 is 0 Å². The summed E-state index contributed by atoms with van der Waals surface area (Å²) >= 11 is 0. The van der Waals surface area contributed by atoms with E-state index in [4.69, 9.17) is 24.8 Å². The van der Waals surface area contributed by atoms with Gasteiger partial charge in [0.2, 0.25) is 0 Å². The Morgan fingerprint density at radius 1 is 0.395 bits per heavy atom. The molecule has 0 saturated carbocycles. The van der Waals surface area contributed by atoms with Crippen LogP contribution in [0.25, 0.3) is 10.8 Å². The average Bonchev–Trinajstić information content (AvgIpc) is 4.36. The molecular weight excluding hydrogens is 968 g/mol. The number of aliphatic hydroxyl groups is 4. The van der Waals surface area contributed by atoms with Crippen molar-refractivity contribution in [1.29, 1.82) is 0 Å². The minimum atomic E-state index is 0. The number of aliphatic hydroxyl groups excluding tert-OH is 4. The molecule has 8 heteroatoms. The van der Waals surface area contributed by atoms with Gasteiger partial charge in [-0.15, -0.1) is 0 Å². The van der Waals surface area contributed by atoms with Crippen LogP contribution < -0.4 is 51.4 Å². The van der Waals surface area contributed by atoms with Crippen molar-refractivity contribution in [3.63, 3.8) is 0 Å². The summed E-state index contributed by atoms with van der Waals surface area (Å²) < 4.78 is 15.5. The number of benzene rings is 6. The van der Waals surface area contributed by atoms with E-state index >= 15 is 0 Å². The first-order valence-corrected chi connectivity index (χ1v) is 28.1. The van der Waals surface area contributed by atoms with Crippen molar-refractivity contribution in [2.45, 2.75) is 127 Å². The summed E-state index contributed by atoms with van der Waals surface area (Å²) in [7, 11) is 0. The summed E-state index contributed by atoms with van der Waals surface area (Å²) in [5.74, 6) is 1.92. The van der Waals surface area contributed by atoms with Gasteiger partial charge in [-0.1, -0.05) is 206 Å². The number of hydrogen-bond acceptors (Lipinski definition) is 7. The fourth-order valence-corrected chi connectivity index (χ4v) is 9.34. The van der Waals surface area contributed by atoms with Crippen molar-refractivity contribution in [2.24, 2.45) is 0 Å². The molecular formula is C68H92KO7+. The molecule has 6 aromatic carbocycles. The van der Waals surface area contributed by atoms with Crippen molar-refractivity contribution in [2.75, 3.05) is 66.1 Å². The Kier molecular flexibility index (Phi) is 38.9. The topological polar surface area (TPSA) is 112 Å². The summed E-state index contributed by atoms with van der Waals surface area (Å²) in [5.41, 5.74) is 8.38. The molecule has 0 bridgehead atoms. The second kappa shape index (κ2) is 44.3. The van der Waals surface area contributed by atoms with Crippen LogP contribution in [0.3, 0.4) is 0 Å². The molecule has 0 radical (unpaired) electrons. The Bertz CT molecular complexity index is 2260. The largest absolute Gasteiger partial charge is 1.00 e. The average molecular weight is 1060 g/mol. The van der Waals surface area contributed by atoms with E-state index in [2.05, 4.69) is 195 Å². The molecule has 4 atom stereocenters. The van der Waals surface area contributed by atoms with Gasteiger partial charge in [-0.05, 0) is 148 Å². The molecule has 7 rings (SSSR count). The molecule has 1 aliphatic heterocycles. The van der Waals surface area contributed by atoms with E-state index in [-0.39, 0.29) is 77.8 Å². The van der Waals surface area contributed by atoms with Crippen LogP contribution in [0.5, 0.6) is 0 Å². The molecule has 406 valence electrons. The van der Waals surface area contributed by atoms with Crippen LogP contribution in [-0.4, -0.2) is 86.5 Å². The Hall–Kier alpha value is -3.58. The molecule has 7 nitrogen and oxygen atoms in total. The molecule has 0 amide bonds. The normalized spacial score (nSPS) is 13.6. The SMILES string of the molecule is C/C(=C/CC(CCCCO)c1ccccc1)CCC(CCO)c1ccccc1.C/C(=C/CC(CCCCOCCO)c1ccccc1)CCC(CCOCCO)c1ccccc1.C1CO1.[K+].c1ccc2ccccc2c1. The smallest absolute Gasteiger partial charge is 0.396 e. The van der Waals surface area contributed by atoms with Gasteiger partial charge in [-0.2, -0.15) is 0 Å². The Morgan fingerprint density at radius 2 is 0.750 bits per heavy atom. The quantitative estimate of drug-likeness (QED) is 0.0144. The summed E-state index contributed by atoms with van der Waals surface area (Å²) in [6.07, 6.45) is 19.4. The van der Waals surface area contributed by atoms with E-state index in [1.807, 2.05) is 6.07 Å². The predicted octanol–water partition coefficient (Wildman–Crippen LogP) is 12.3. The van der Waals surface area contributed by atoms with E-state index in [1.165, 1.54) is 44.2 Å². The predicted molar refractivity (Wildman–Crippen MR) is 314 cm³/mol. The second-order valence-corrected chi connectivity index (χ2v) is 19.7. The molecule has 4 N–H and O–H groups in total. The van der Waals surface area contributed by atoms with Gasteiger partial charge >= 0.3 is 51.4 Å². The van der Waals surface area contributed by atoms with Gasteiger partial charge in [-0.25, -0.2) is 0 Å². The standard InChI is InChI=1S/C30H44O4.C26H36O2.C10H8.C2H4O.K/c1-26(16-18-30(19-23-34-25-21-32)28-12-6-3-7-13-28)15-17-29(27-10-4-2-5-11-27)14-8-9-22-33-24-20-31;1-22(16-18-26(19-21-28)24-12-6-3-7-13-24)15-17-25(14-8-9-20-27)23-10-4-2-5-11-23;1-2-6-10-8-4-3-7-9(10)5-1;1-2-3-1;/h2-7,10-13,15,29-32H,8-9,14,16-25H2,1H3;2-7,10-13,15,25-28H,8-9,14,16-21H2,1H3;1-8H;1-2H2;/q;;;;+1/b26-15-;22-15-;;;. The van der Waals surface area contributed by atoms with Crippen LogP contribution in [-0.2, 0) is 14.2 Å². The van der Waals surface area contributed by atoms with Gasteiger partial charge in [0.05, 0.1) is 39.6 Å². The molecule has 1 heterocycles. The maximum absolute atomic E-state index is 9.44. The van der Waals surface area contributed by atoms with Crippen LogP contribution in [0, 0.1) is 0 Å². The molecule has 1 aliphatic rings. The van der Waals surface area contributed by atoms with Gasteiger partial charge in [0.1, 0.15) is 0 Å². The van der Waals surface area contributed by atoms with Crippen molar-refractivity contribution in [1.82, 2.24) is 0 Å². The van der Waals surface area contributed by atoms with E-state index in [0.29, 0.717) is 43.5 Å². The molecule has 1 fully saturated rings. The first-order chi connectivity index (χ1) is 36.9. The number of epoxide rings is 1. The zero-order valence-electron chi connectivity index (χ0n) is 46.6. The zero-order chi connectivity index (χ0) is 53.2. The van der Waals surface area contributed by atoms with Crippen LogP contribution >= 0.6 is 0 Å². The van der Waals surface area contributed by atoms with Crippen molar-refractivity contribution >= 4 is 10.8 Å². The van der Waals surface area contributed by atoms with Crippen LogP contribution in [0.1, 0.15) is 150 Å². The molecule has 1 saturated heterocycles. The zero-order valence-corrected chi connectivity index (χ0v) is 49.7. The van der Waals surface area contributed by atoms with E-state index in [0.717, 1.165) is 110 Å². The first kappa shape index (κ1) is 66.7. The van der Waals surface area contributed by atoms with Gasteiger partial charge in [0.25, 0.3) is 0 Å². The summed E-state index contributed by atoms with van der Waals surface area (Å²) in [6, 6.07) is 59.6. The third kappa shape index (κ3) is 30.5. The summed E-state index contributed by atoms with van der Waals surface area (Å²) in [4.78, 5) is 0. The number of ether oxygens (including phenoxy) is 3. The number of fused-ring (bicyclic) bond motifs is 1. The summed E-state index contributed by atoms with van der Waals surface area (Å²) in [5, 5.41) is 39.0. The van der Waals surface area contributed by atoms with Crippen LogP contribution in [0.15, 0.2) is 193 Å². The van der Waals surface area contributed by atoms with E-state index in [9.17, 15) is 5.11 Å². The van der Waals surface area contributed by atoms with Crippen LogP contribution in [0.4, 0.5) is 0 Å².